The van der Waals surface area contributed by atoms with Crippen LogP contribution >= 0.6 is 12.2 Å². The fraction of sp³-hybridized carbons (Fsp3) is 0.200. The number of anilines is 2. The molecule has 0 saturated carbocycles. The number of hydrogen-bond donors (Lipinski definition) is 1. The lowest BCUT2D eigenvalue weighted by Gasteiger charge is -2.24. The van der Waals surface area contributed by atoms with Gasteiger partial charge >= 0.3 is 0 Å². The number of thiocarbonyl (C=S) groups is 1. The Bertz CT molecular complexity index is 1170. The Kier molecular flexibility index (Phi) is 6.65. The van der Waals surface area contributed by atoms with Crippen molar-refractivity contribution in [1.29, 1.82) is 0 Å². The monoisotopic (exact) mass is 460 g/mol. The van der Waals surface area contributed by atoms with E-state index in [1.165, 1.54) is 4.90 Å². The van der Waals surface area contributed by atoms with Gasteiger partial charge in [0.1, 0.15) is 11.8 Å². The number of rotatable bonds is 7. The number of methoxy groups -OCH3 is 1. The molecular weight excluding hydrogens is 436 g/mol. The van der Waals surface area contributed by atoms with Crippen LogP contribution in [0, 0.1) is 6.92 Å². The van der Waals surface area contributed by atoms with Crippen molar-refractivity contribution in [2.24, 2.45) is 0 Å². The van der Waals surface area contributed by atoms with E-state index in [0.717, 1.165) is 11.1 Å². The van der Waals surface area contributed by atoms with Crippen molar-refractivity contribution in [3.05, 3.63) is 84.2 Å². The second-order valence-electron chi connectivity index (χ2n) is 7.78. The molecule has 8 heteroatoms. The maximum atomic E-state index is 13.5. The maximum absolute atomic E-state index is 13.5. The summed E-state index contributed by atoms with van der Waals surface area (Å²) in [5.41, 5.74) is 3.31. The minimum Gasteiger partial charge on any atom is -0.497 e. The van der Waals surface area contributed by atoms with Crippen LogP contribution in [0.1, 0.15) is 17.5 Å². The quantitative estimate of drug-likeness (QED) is 0.539. The molecule has 0 bridgehead atoms. The first-order valence-electron chi connectivity index (χ1n) is 10.5. The molecule has 4 rings (SSSR count). The van der Waals surface area contributed by atoms with E-state index in [1.54, 1.807) is 48.7 Å². The van der Waals surface area contributed by atoms with Crippen LogP contribution in [0.4, 0.5) is 11.4 Å². The first-order valence-corrected chi connectivity index (χ1v) is 10.9. The number of aryl methyl sites for hydroxylation is 1. The molecule has 168 valence electrons. The predicted octanol–water partition coefficient (Wildman–Crippen LogP) is 3.93. The van der Waals surface area contributed by atoms with E-state index in [2.05, 4.69) is 10.3 Å². The summed E-state index contributed by atoms with van der Waals surface area (Å²) in [5.74, 6) is 0.190. The molecule has 1 aliphatic heterocycles. The highest BCUT2D eigenvalue weighted by molar-refractivity contribution is 7.80. The highest BCUT2D eigenvalue weighted by Gasteiger charge is 2.44. The molecule has 2 amide bonds. The van der Waals surface area contributed by atoms with E-state index in [4.69, 9.17) is 17.0 Å². The Morgan fingerprint density at radius 1 is 1.12 bits per heavy atom. The molecule has 0 aliphatic carbocycles. The summed E-state index contributed by atoms with van der Waals surface area (Å²) >= 11 is 5.71. The number of nitrogens with zero attached hydrogens (tertiary/aromatic N) is 3. The normalized spacial score (nSPS) is 15.6. The van der Waals surface area contributed by atoms with Gasteiger partial charge in [-0.3, -0.25) is 19.5 Å². The van der Waals surface area contributed by atoms with Crippen molar-refractivity contribution >= 4 is 40.5 Å². The van der Waals surface area contributed by atoms with E-state index >= 15 is 0 Å². The Morgan fingerprint density at radius 3 is 2.52 bits per heavy atom. The number of benzene rings is 2. The van der Waals surface area contributed by atoms with Gasteiger partial charge in [0.2, 0.25) is 5.91 Å². The van der Waals surface area contributed by atoms with Crippen molar-refractivity contribution in [1.82, 2.24) is 9.88 Å². The molecule has 2 heterocycles. The van der Waals surface area contributed by atoms with Crippen LogP contribution in [0.2, 0.25) is 0 Å². The van der Waals surface area contributed by atoms with Crippen molar-refractivity contribution in [3.63, 3.8) is 0 Å². The van der Waals surface area contributed by atoms with Crippen molar-refractivity contribution < 1.29 is 14.3 Å². The summed E-state index contributed by atoms with van der Waals surface area (Å²) < 4.78 is 5.22. The van der Waals surface area contributed by atoms with E-state index in [9.17, 15) is 9.59 Å². The molecule has 1 fully saturated rings. The second kappa shape index (κ2) is 9.79. The predicted molar refractivity (Wildman–Crippen MR) is 131 cm³/mol. The maximum Gasteiger partial charge on any atom is 0.256 e. The second-order valence-corrected chi connectivity index (χ2v) is 8.14. The summed E-state index contributed by atoms with van der Waals surface area (Å²) in [6.07, 6.45) is 3.36. The number of aromatic nitrogens is 1. The molecule has 33 heavy (non-hydrogen) atoms. The minimum atomic E-state index is -0.724. The first-order chi connectivity index (χ1) is 16.0. The lowest BCUT2D eigenvalue weighted by atomic mass is 10.1. The van der Waals surface area contributed by atoms with Crippen molar-refractivity contribution in [3.8, 4) is 5.75 Å². The molecule has 0 unspecified atom stereocenters. The number of nitrogens with one attached hydrogen (secondary N) is 1. The summed E-state index contributed by atoms with van der Waals surface area (Å²) in [7, 11) is 1.58. The number of amides is 2. The summed E-state index contributed by atoms with van der Waals surface area (Å²) in [5, 5.41) is 3.25. The number of hydrogen-bond acceptors (Lipinski definition) is 5. The highest BCUT2D eigenvalue weighted by atomic mass is 32.1. The third-order valence-electron chi connectivity index (χ3n) is 5.43. The van der Waals surface area contributed by atoms with Gasteiger partial charge in [-0.15, -0.1) is 0 Å². The van der Waals surface area contributed by atoms with Crippen molar-refractivity contribution in [2.45, 2.75) is 25.9 Å². The lowest BCUT2D eigenvalue weighted by molar-refractivity contribution is -0.124. The highest BCUT2D eigenvalue weighted by Crippen LogP contribution is 2.30. The molecule has 7 nitrogen and oxygen atoms in total. The standard InChI is InChI=1S/C25H24N4O3S/c1-17-4-3-5-19(14-17)27-23(30)15-22-24(31)29(20-6-8-21(32-2)9-7-20)25(33)28(22)16-18-10-12-26-13-11-18/h3-14,22H,15-16H2,1-2H3,(H,27,30)/t22-/m0/s1. The molecule has 0 spiro atoms. The summed E-state index contributed by atoms with van der Waals surface area (Å²) in [4.78, 5) is 33.7. The Labute approximate surface area is 198 Å². The van der Waals surface area contributed by atoms with Gasteiger partial charge in [0.25, 0.3) is 5.91 Å². The molecular formula is C25H24N4O3S. The average Bonchev–Trinajstić information content (AvgIpc) is 3.03. The number of carbonyl (C=O) groups is 2. The van der Waals surface area contributed by atoms with Crippen LogP contribution in [0.3, 0.4) is 0 Å². The Balaban J connectivity index is 1.60. The molecule has 2 aromatic carbocycles. The topological polar surface area (TPSA) is 74.8 Å². The minimum absolute atomic E-state index is 0.0232. The smallest absolute Gasteiger partial charge is 0.256 e. The third-order valence-corrected chi connectivity index (χ3v) is 5.85. The molecule has 0 radical (unpaired) electrons. The van der Waals surface area contributed by atoms with E-state index in [0.29, 0.717) is 28.8 Å². The van der Waals surface area contributed by atoms with E-state index < -0.39 is 6.04 Å². The zero-order valence-corrected chi connectivity index (χ0v) is 19.2. The number of pyridine rings is 1. The van der Waals surface area contributed by atoms with Gasteiger partial charge in [-0.2, -0.15) is 0 Å². The average molecular weight is 461 g/mol. The van der Waals surface area contributed by atoms with Gasteiger partial charge in [-0.1, -0.05) is 12.1 Å². The van der Waals surface area contributed by atoms with E-state index in [1.807, 2.05) is 43.3 Å². The SMILES string of the molecule is COc1ccc(N2C(=O)[C@H](CC(=O)Nc3cccc(C)c3)N(Cc3ccncc3)C2=S)cc1. The molecule has 1 aliphatic rings. The van der Waals surface area contributed by atoms with Crippen LogP contribution in [0.5, 0.6) is 5.75 Å². The number of ether oxygens (including phenoxy) is 1. The fourth-order valence-electron chi connectivity index (χ4n) is 3.78. The fourth-order valence-corrected chi connectivity index (χ4v) is 4.17. The van der Waals surface area contributed by atoms with Gasteiger partial charge in [-0.05, 0) is 78.8 Å². The molecule has 1 saturated heterocycles. The van der Waals surface area contributed by atoms with Gasteiger partial charge in [0.15, 0.2) is 5.11 Å². The van der Waals surface area contributed by atoms with Crippen molar-refractivity contribution in [2.75, 3.05) is 17.3 Å². The van der Waals surface area contributed by atoms with Crippen LogP contribution in [-0.4, -0.2) is 40.0 Å². The first kappa shape index (κ1) is 22.4. The van der Waals surface area contributed by atoms with Crippen LogP contribution in [0.15, 0.2) is 73.1 Å². The largest absolute Gasteiger partial charge is 0.497 e. The van der Waals surface area contributed by atoms with Crippen LogP contribution in [-0.2, 0) is 16.1 Å². The molecule has 1 atom stereocenters. The van der Waals surface area contributed by atoms with Gasteiger partial charge < -0.3 is 15.0 Å². The van der Waals surface area contributed by atoms with Gasteiger partial charge in [0, 0.05) is 24.6 Å². The molecule has 1 N–H and O–H groups in total. The third kappa shape index (κ3) is 5.01. The van der Waals surface area contributed by atoms with E-state index in [-0.39, 0.29) is 18.2 Å². The lowest BCUT2D eigenvalue weighted by Crippen LogP contribution is -2.37. The zero-order chi connectivity index (χ0) is 23.4. The summed E-state index contributed by atoms with van der Waals surface area (Å²) in [6.45, 7) is 2.35. The van der Waals surface area contributed by atoms with Gasteiger partial charge in [-0.25, -0.2) is 0 Å². The van der Waals surface area contributed by atoms with Crippen LogP contribution < -0.4 is 15.0 Å². The Hall–Kier alpha value is -3.78. The molecule has 1 aromatic heterocycles. The Morgan fingerprint density at radius 2 is 1.85 bits per heavy atom. The zero-order valence-electron chi connectivity index (χ0n) is 18.4. The molecule has 3 aromatic rings. The summed E-state index contributed by atoms with van der Waals surface area (Å²) in [6, 6.07) is 17.7. The van der Waals surface area contributed by atoms with Crippen LogP contribution in [0.25, 0.3) is 0 Å². The van der Waals surface area contributed by atoms with Gasteiger partial charge in [0.05, 0.1) is 19.2 Å². The number of carbonyl (C=O) groups excluding carboxylic acids is 2.